The zero-order chi connectivity index (χ0) is 24.4. The molecule has 0 bridgehead atoms. The summed E-state index contributed by atoms with van der Waals surface area (Å²) in [6.45, 7) is 0.784. The van der Waals surface area contributed by atoms with Gasteiger partial charge in [0.2, 0.25) is 0 Å². The van der Waals surface area contributed by atoms with Gasteiger partial charge in [-0.05, 0) is 50.6 Å². The number of carboxylic acid groups (broad SMARTS) is 4. The quantitative estimate of drug-likeness (QED) is 0.178. The Morgan fingerprint density at radius 2 is 1.26 bits per heavy atom. The molecular weight excluding hydrogens is 521 g/mol. The van der Waals surface area contributed by atoms with E-state index in [2.05, 4.69) is 5.32 Å². The first-order valence-corrected chi connectivity index (χ1v) is 9.23. The molecule has 1 rings (SSSR count). The molecule has 0 spiro atoms. The summed E-state index contributed by atoms with van der Waals surface area (Å²) in [6, 6.07) is 4.37. The van der Waals surface area contributed by atoms with Crippen LogP contribution < -0.4 is 16.8 Å². The summed E-state index contributed by atoms with van der Waals surface area (Å²) in [6.07, 6.45) is 1.03. The van der Waals surface area contributed by atoms with Crippen molar-refractivity contribution in [2.75, 3.05) is 13.6 Å². The molecule has 0 heterocycles. The summed E-state index contributed by atoms with van der Waals surface area (Å²) in [4.78, 5) is 40.1. The molecule has 0 aromatic heterocycles. The minimum atomic E-state index is -1.17. The van der Waals surface area contributed by atoms with Crippen LogP contribution in [0.15, 0.2) is 24.3 Å². The molecule has 12 nitrogen and oxygen atoms in total. The SMILES string of the molecule is CNCCCC(=O)O.Cl.Cl.Cl.N[C@@H](CCC(=O)O)C(=O)O.N[C@@H](Cc1ccc(O)cc1)C(=O)O. The first kappa shape index (κ1) is 41.9. The van der Waals surface area contributed by atoms with Crippen LogP contribution in [0.3, 0.4) is 0 Å². The summed E-state index contributed by atoms with van der Waals surface area (Å²) >= 11 is 0. The van der Waals surface area contributed by atoms with Gasteiger partial charge in [0, 0.05) is 12.8 Å². The molecule has 34 heavy (non-hydrogen) atoms. The number of nitrogens with one attached hydrogen (secondary N) is 1. The van der Waals surface area contributed by atoms with Gasteiger partial charge in [-0.2, -0.15) is 0 Å². The number of carbonyl (C=O) groups is 4. The Morgan fingerprint density at radius 1 is 0.824 bits per heavy atom. The highest BCUT2D eigenvalue weighted by molar-refractivity contribution is 5.86. The lowest BCUT2D eigenvalue weighted by Crippen LogP contribution is -2.32. The number of hydrogen-bond donors (Lipinski definition) is 8. The van der Waals surface area contributed by atoms with Gasteiger partial charge in [0.15, 0.2) is 0 Å². The van der Waals surface area contributed by atoms with Gasteiger partial charge in [-0.25, -0.2) is 0 Å². The molecule has 2 atom stereocenters. The van der Waals surface area contributed by atoms with Crippen molar-refractivity contribution in [1.29, 1.82) is 0 Å². The van der Waals surface area contributed by atoms with E-state index < -0.39 is 36.0 Å². The zero-order valence-corrected chi connectivity index (χ0v) is 20.9. The normalized spacial score (nSPS) is 10.6. The fourth-order valence-electron chi connectivity index (χ4n) is 1.79. The molecule has 1 aromatic carbocycles. The van der Waals surface area contributed by atoms with E-state index in [9.17, 15) is 19.2 Å². The summed E-state index contributed by atoms with van der Waals surface area (Å²) < 4.78 is 0. The van der Waals surface area contributed by atoms with Gasteiger partial charge in [0.25, 0.3) is 0 Å². The minimum Gasteiger partial charge on any atom is -0.508 e. The number of aromatic hydroxyl groups is 1. The number of benzene rings is 1. The second kappa shape index (κ2) is 25.3. The van der Waals surface area contributed by atoms with Crippen LogP contribution in [0.25, 0.3) is 0 Å². The monoisotopic (exact) mass is 553 g/mol. The number of nitrogens with two attached hydrogens (primary N) is 2. The van der Waals surface area contributed by atoms with Crippen molar-refractivity contribution in [1.82, 2.24) is 5.32 Å². The average molecular weight is 555 g/mol. The van der Waals surface area contributed by atoms with Crippen molar-refractivity contribution in [3.8, 4) is 5.75 Å². The van der Waals surface area contributed by atoms with E-state index in [1.54, 1.807) is 12.1 Å². The highest BCUT2D eigenvalue weighted by Crippen LogP contribution is 2.10. The van der Waals surface area contributed by atoms with Gasteiger partial charge in [0.1, 0.15) is 17.8 Å². The standard InChI is InChI=1S/C9H11NO3.C5H9NO4.C5H11NO2.3ClH/c10-8(9(12)13)5-6-1-3-7(11)4-2-6;6-3(5(9)10)1-2-4(7)8;1-6-4-2-3-5(7)8;;;/h1-4,8,11H,5,10H2,(H,12,13);3H,1-2,6H2,(H,7,8)(H,9,10);6H,2-4H2,1H3,(H,7,8);3*1H/t8-;3-;;;;/m00..../s1. The largest absolute Gasteiger partial charge is 0.508 e. The van der Waals surface area contributed by atoms with E-state index in [1.165, 1.54) is 12.1 Å². The lowest BCUT2D eigenvalue weighted by molar-refractivity contribution is -0.140. The van der Waals surface area contributed by atoms with Crippen molar-refractivity contribution < 1.29 is 44.7 Å². The van der Waals surface area contributed by atoms with Crippen molar-refractivity contribution in [2.24, 2.45) is 11.5 Å². The highest BCUT2D eigenvalue weighted by Gasteiger charge is 2.12. The Balaban J connectivity index is -0.000000122. The summed E-state index contributed by atoms with van der Waals surface area (Å²) in [7, 11) is 1.81. The van der Waals surface area contributed by atoms with Crippen molar-refractivity contribution in [2.45, 2.75) is 44.2 Å². The molecule has 0 amide bonds. The van der Waals surface area contributed by atoms with Crippen LogP contribution in [0.2, 0.25) is 0 Å². The maximum atomic E-state index is 10.4. The topological polar surface area (TPSA) is 233 Å². The number of hydrogen-bond acceptors (Lipinski definition) is 8. The first-order valence-electron chi connectivity index (χ1n) is 9.23. The number of phenols is 1. The average Bonchev–Trinajstić information content (AvgIpc) is 2.68. The van der Waals surface area contributed by atoms with E-state index in [-0.39, 0.29) is 68.7 Å². The molecule has 0 radical (unpaired) electrons. The third kappa shape index (κ3) is 27.7. The maximum Gasteiger partial charge on any atom is 0.320 e. The molecule has 1 aromatic rings. The van der Waals surface area contributed by atoms with Crippen molar-refractivity contribution >= 4 is 61.1 Å². The number of rotatable bonds is 11. The van der Waals surface area contributed by atoms with Crippen molar-refractivity contribution in [3.63, 3.8) is 0 Å². The van der Waals surface area contributed by atoms with Crippen LogP contribution in [-0.4, -0.2) is 75.1 Å². The Hall–Kier alpha value is -2.35. The van der Waals surface area contributed by atoms with E-state index in [1.807, 2.05) is 7.05 Å². The summed E-state index contributed by atoms with van der Waals surface area (Å²) in [5, 5.41) is 44.7. The molecule has 15 heteroatoms. The Morgan fingerprint density at radius 3 is 1.62 bits per heavy atom. The summed E-state index contributed by atoms with van der Waals surface area (Å²) in [5.74, 6) is -3.78. The molecule has 200 valence electrons. The van der Waals surface area contributed by atoms with Crippen LogP contribution >= 0.6 is 37.2 Å². The zero-order valence-electron chi connectivity index (χ0n) is 18.5. The van der Waals surface area contributed by atoms with Gasteiger partial charge in [0.05, 0.1) is 0 Å². The number of phenolic OH excluding ortho intramolecular Hbond substituents is 1. The van der Waals surface area contributed by atoms with E-state index in [0.29, 0.717) is 6.42 Å². The van der Waals surface area contributed by atoms with Gasteiger partial charge >= 0.3 is 23.9 Å². The van der Waals surface area contributed by atoms with Crippen molar-refractivity contribution in [3.05, 3.63) is 29.8 Å². The smallest absolute Gasteiger partial charge is 0.320 e. The van der Waals surface area contributed by atoms with Crippen LogP contribution in [0.4, 0.5) is 0 Å². The fourth-order valence-corrected chi connectivity index (χ4v) is 1.79. The van der Waals surface area contributed by atoms with Crippen LogP contribution in [0, 0.1) is 0 Å². The van der Waals surface area contributed by atoms with Crippen LogP contribution in [0.1, 0.15) is 31.2 Å². The highest BCUT2D eigenvalue weighted by atomic mass is 35.5. The Labute approximate surface area is 215 Å². The predicted octanol–water partition coefficient (Wildman–Crippen LogP) is 0.946. The molecule has 0 aliphatic heterocycles. The van der Waals surface area contributed by atoms with Gasteiger partial charge in [-0.1, -0.05) is 12.1 Å². The predicted molar refractivity (Wildman–Crippen MR) is 132 cm³/mol. The van der Waals surface area contributed by atoms with Gasteiger partial charge < -0.3 is 42.3 Å². The van der Waals surface area contributed by atoms with E-state index in [0.717, 1.165) is 12.1 Å². The number of halogens is 3. The molecule has 0 fully saturated rings. The van der Waals surface area contributed by atoms with E-state index in [4.69, 9.17) is 37.0 Å². The fraction of sp³-hybridized carbons (Fsp3) is 0.474. The minimum absolute atomic E-state index is 0. The number of aliphatic carboxylic acids is 4. The van der Waals surface area contributed by atoms with Gasteiger partial charge in [-0.15, -0.1) is 37.2 Å². The molecule has 0 saturated heterocycles. The van der Waals surface area contributed by atoms with Crippen LogP contribution in [-0.2, 0) is 25.6 Å². The molecule has 0 saturated carbocycles. The third-order valence-electron chi connectivity index (χ3n) is 3.51. The lowest BCUT2D eigenvalue weighted by atomic mass is 10.1. The molecule has 0 aliphatic rings. The molecule has 0 unspecified atom stereocenters. The first-order chi connectivity index (χ1) is 14.4. The second-order valence-electron chi connectivity index (χ2n) is 6.29. The van der Waals surface area contributed by atoms with Gasteiger partial charge in [-0.3, -0.25) is 19.2 Å². The Kier molecular flexibility index (Phi) is 31.1. The molecule has 0 aliphatic carbocycles. The second-order valence-corrected chi connectivity index (χ2v) is 6.29. The maximum absolute atomic E-state index is 10.4. The van der Waals surface area contributed by atoms with Crippen LogP contribution in [0.5, 0.6) is 5.75 Å². The summed E-state index contributed by atoms with van der Waals surface area (Å²) in [5.41, 5.74) is 11.1. The molecular formula is C19H34Cl3N3O9. The molecule has 10 N–H and O–H groups in total. The van der Waals surface area contributed by atoms with E-state index >= 15 is 0 Å². The third-order valence-corrected chi connectivity index (χ3v) is 3.51. The number of carboxylic acids is 4. The Bertz CT molecular complexity index is 695. The lowest BCUT2D eigenvalue weighted by Gasteiger charge is -2.05.